The van der Waals surface area contributed by atoms with Crippen LogP contribution in [0.15, 0.2) is 11.0 Å². The number of thioether (sulfide) groups is 1. The first-order chi connectivity index (χ1) is 9.12. The molecule has 2 N–H and O–H groups in total. The van der Waals surface area contributed by atoms with Gasteiger partial charge in [0.2, 0.25) is 0 Å². The second kappa shape index (κ2) is 6.15. The van der Waals surface area contributed by atoms with E-state index in [-0.39, 0.29) is 28.5 Å². The van der Waals surface area contributed by atoms with Gasteiger partial charge in [0.05, 0.1) is 25.0 Å². The number of aliphatic hydroxyl groups excluding tert-OH is 1. The van der Waals surface area contributed by atoms with E-state index in [2.05, 4.69) is 16.7 Å². The molecule has 19 heavy (non-hydrogen) atoms. The molecule has 0 aromatic carbocycles. The Morgan fingerprint density at radius 2 is 2.37 bits per heavy atom. The van der Waals surface area contributed by atoms with Crippen LogP contribution in [0.2, 0.25) is 5.02 Å². The van der Waals surface area contributed by atoms with E-state index in [4.69, 9.17) is 16.7 Å². The van der Waals surface area contributed by atoms with Crippen molar-refractivity contribution in [3.63, 3.8) is 0 Å². The van der Waals surface area contributed by atoms with E-state index < -0.39 is 0 Å². The number of aromatic nitrogens is 2. The van der Waals surface area contributed by atoms with Gasteiger partial charge in [-0.25, -0.2) is 4.68 Å². The lowest BCUT2D eigenvalue weighted by molar-refractivity contribution is 0.266. The van der Waals surface area contributed by atoms with Crippen molar-refractivity contribution < 1.29 is 5.11 Å². The fourth-order valence-corrected chi connectivity index (χ4v) is 3.25. The van der Waals surface area contributed by atoms with Crippen LogP contribution in [0.5, 0.6) is 0 Å². The standard InChI is InChI=1S/C12H18ClN3O2S/c1-19-12(3-2-4-12)8-14-9-7-15-16(5-6-17)11(18)10(9)13/h7,14,17H,2-6,8H2,1H3. The molecule has 0 atom stereocenters. The third-order valence-corrected chi connectivity index (χ3v) is 5.38. The Balaban J connectivity index is 2.09. The van der Waals surface area contributed by atoms with E-state index in [0.29, 0.717) is 5.69 Å². The molecule has 1 saturated carbocycles. The summed E-state index contributed by atoms with van der Waals surface area (Å²) in [6, 6.07) is 0. The molecule has 1 aromatic heterocycles. The SMILES string of the molecule is CSC1(CNc2cnn(CCO)c(=O)c2Cl)CCC1. The van der Waals surface area contributed by atoms with E-state index in [0.717, 1.165) is 6.54 Å². The Bertz CT molecular complexity index is 497. The molecular formula is C12H18ClN3O2S. The van der Waals surface area contributed by atoms with Crippen LogP contribution in [0.1, 0.15) is 19.3 Å². The largest absolute Gasteiger partial charge is 0.394 e. The maximum atomic E-state index is 11.9. The van der Waals surface area contributed by atoms with Gasteiger partial charge in [-0.05, 0) is 19.1 Å². The minimum atomic E-state index is -0.368. The number of nitrogens with one attached hydrogen (secondary N) is 1. The van der Waals surface area contributed by atoms with E-state index in [1.165, 1.54) is 23.9 Å². The Labute approximate surface area is 121 Å². The molecule has 5 nitrogen and oxygen atoms in total. The molecule has 0 aliphatic heterocycles. The molecule has 7 heteroatoms. The van der Waals surface area contributed by atoms with Gasteiger partial charge >= 0.3 is 0 Å². The predicted molar refractivity (Wildman–Crippen MR) is 79.2 cm³/mol. The van der Waals surface area contributed by atoms with Crippen molar-refractivity contribution in [1.29, 1.82) is 0 Å². The molecule has 0 saturated heterocycles. The topological polar surface area (TPSA) is 67.2 Å². The van der Waals surface area contributed by atoms with E-state index >= 15 is 0 Å². The summed E-state index contributed by atoms with van der Waals surface area (Å²) in [4.78, 5) is 11.9. The summed E-state index contributed by atoms with van der Waals surface area (Å²) in [6.07, 6.45) is 7.29. The fourth-order valence-electron chi connectivity index (χ4n) is 2.12. The Morgan fingerprint density at radius 3 is 2.89 bits per heavy atom. The molecule has 0 bridgehead atoms. The Hall–Kier alpha value is -0.720. The number of rotatable bonds is 6. The third-order valence-electron chi connectivity index (χ3n) is 3.60. The highest BCUT2D eigenvalue weighted by atomic mass is 35.5. The van der Waals surface area contributed by atoms with E-state index in [9.17, 15) is 4.79 Å². The van der Waals surface area contributed by atoms with Gasteiger partial charge in [-0.15, -0.1) is 0 Å². The number of aliphatic hydroxyl groups is 1. The first-order valence-electron chi connectivity index (χ1n) is 6.27. The smallest absolute Gasteiger partial charge is 0.287 e. The normalized spacial score (nSPS) is 17.0. The summed E-state index contributed by atoms with van der Waals surface area (Å²) < 4.78 is 1.44. The van der Waals surface area contributed by atoms with Crippen molar-refractivity contribution >= 4 is 29.1 Å². The highest BCUT2D eigenvalue weighted by molar-refractivity contribution is 8.00. The van der Waals surface area contributed by atoms with Crippen LogP contribution in [0.25, 0.3) is 0 Å². The lowest BCUT2D eigenvalue weighted by atomic mass is 9.84. The monoisotopic (exact) mass is 303 g/mol. The lowest BCUT2D eigenvalue weighted by Gasteiger charge is -2.40. The van der Waals surface area contributed by atoms with Gasteiger partial charge < -0.3 is 10.4 Å². The zero-order valence-electron chi connectivity index (χ0n) is 10.9. The summed E-state index contributed by atoms with van der Waals surface area (Å²) in [5.74, 6) is 0. The molecule has 2 rings (SSSR count). The second-order valence-corrected chi connectivity index (χ2v) is 6.37. The molecule has 0 amide bonds. The minimum Gasteiger partial charge on any atom is -0.394 e. The van der Waals surface area contributed by atoms with Crippen LogP contribution in [0.3, 0.4) is 0 Å². The number of halogens is 1. The van der Waals surface area contributed by atoms with Crippen LogP contribution in [0.4, 0.5) is 5.69 Å². The zero-order valence-corrected chi connectivity index (χ0v) is 12.4. The maximum Gasteiger partial charge on any atom is 0.287 e. The third kappa shape index (κ3) is 3.07. The average Bonchev–Trinajstić information content (AvgIpc) is 2.37. The molecule has 1 aliphatic carbocycles. The maximum absolute atomic E-state index is 11.9. The first kappa shape index (κ1) is 14.7. The van der Waals surface area contributed by atoms with Crippen molar-refractivity contribution in [2.75, 3.05) is 24.7 Å². The highest BCUT2D eigenvalue weighted by Gasteiger charge is 2.35. The lowest BCUT2D eigenvalue weighted by Crippen LogP contribution is -2.40. The van der Waals surface area contributed by atoms with Crippen LogP contribution < -0.4 is 10.9 Å². The molecule has 0 spiro atoms. The van der Waals surface area contributed by atoms with Crippen molar-refractivity contribution in [3.05, 3.63) is 21.6 Å². The van der Waals surface area contributed by atoms with Crippen LogP contribution >= 0.6 is 23.4 Å². The number of hydrogen-bond acceptors (Lipinski definition) is 5. The average molecular weight is 304 g/mol. The number of anilines is 1. The predicted octanol–water partition coefficient (Wildman–Crippen LogP) is 1.59. The Morgan fingerprint density at radius 1 is 1.63 bits per heavy atom. The molecule has 1 heterocycles. The summed E-state index contributed by atoms with van der Waals surface area (Å²) in [5.41, 5.74) is 0.203. The van der Waals surface area contributed by atoms with Crippen molar-refractivity contribution in [2.24, 2.45) is 0 Å². The number of hydrogen-bond donors (Lipinski definition) is 2. The van der Waals surface area contributed by atoms with Crippen molar-refractivity contribution in [3.8, 4) is 0 Å². The zero-order chi connectivity index (χ0) is 13.9. The molecule has 106 valence electrons. The van der Waals surface area contributed by atoms with Crippen molar-refractivity contribution in [2.45, 2.75) is 30.6 Å². The molecule has 1 aromatic rings. The quantitative estimate of drug-likeness (QED) is 0.835. The molecule has 1 aliphatic rings. The molecule has 0 unspecified atom stereocenters. The first-order valence-corrected chi connectivity index (χ1v) is 7.88. The van der Waals surface area contributed by atoms with Crippen LogP contribution in [-0.4, -0.2) is 39.0 Å². The summed E-state index contributed by atoms with van der Waals surface area (Å²) in [6.45, 7) is 0.818. The molecular weight excluding hydrogens is 286 g/mol. The molecule has 0 radical (unpaired) electrons. The van der Waals surface area contributed by atoms with Gasteiger partial charge in [0.25, 0.3) is 5.56 Å². The fraction of sp³-hybridized carbons (Fsp3) is 0.667. The summed E-state index contributed by atoms with van der Waals surface area (Å²) in [7, 11) is 0. The van der Waals surface area contributed by atoms with E-state index in [1.54, 1.807) is 6.20 Å². The van der Waals surface area contributed by atoms with Crippen LogP contribution in [-0.2, 0) is 6.54 Å². The van der Waals surface area contributed by atoms with Gasteiger partial charge in [-0.3, -0.25) is 4.79 Å². The van der Waals surface area contributed by atoms with E-state index in [1.807, 2.05) is 11.8 Å². The van der Waals surface area contributed by atoms with Crippen LogP contribution in [0, 0.1) is 0 Å². The van der Waals surface area contributed by atoms with Gasteiger partial charge in [0.15, 0.2) is 0 Å². The Kier molecular flexibility index (Phi) is 4.76. The highest BCUT2D eigenvalue weighted by Crippen LogP contribution is 2.42. The van der Waals surface area contributed by atoms with Gasteiger partial charge in [-0.1, -0.05) is 18.0 Å². The number of nitrogens with zero attached hydrogens (tertiary/aromatic N) is 2. The summed E-state index contributed by atoms with van der Waals surface area (Å²) >= 11 is 7.90. The molecule has 1 fully saturated rings. The van der Waals surface area contributed by atoms with Gasteiger partial charge in [-0.2, -0.15) is 16.9 Å². The summed E-state index contributed by atoms with van der Waals surface area (Å²) in [5, 5.41) is 16.2. The van der Waals surface area contributed by atoms with Crippen molar-refractivity contribution in [1.82, 2.24) is 9.78 Å². The van der Waals surface area contributed by atoms with Gasteiger partial charge in [0, 0.05) is 11.3 Å². The minimum absolute atomic E-state index is 0.133. The van der Waals surface area contributed by atoms with Gasteiger partial charge in [0.1, 0.15) is 5.02 Å². The second-order valence-electron chi connectivity index (χ2n) is 4.72.